The van der Waals surface area contributed by atoms with Gasteiger partial charge in [-0.2, -0.15) is 0 Å². The van der Waals surface area contributed by atoms with Crippen LogP contribution in [-0.2, 0) is 40.1 Å². The minimum Gasteiger partial charge on any atom is -0.491 e. The number of carboxylic acids is 1. The zero-order chi connectivity index (χ0) is 51.0. The highest BCUT2D eigenvalue weighted by Crippen LogP contribution is 2.53. The Morgan fingerprint density at radius 3 is 2.44 bits per heavy atom. The summed E-state index contributed by atoms with van der Waals surface area (Å²) in [7, 11) is 2.10. The third-order valence-corrected chi connectivity index (χ3v) is 15.5. The summed E-state index contributed by atoms with van der Waals surface area (Å²) < 4.78 is 52.0. The molecule has 1 N–H and O–H groups in total. The maximum absolute atomic E-state index is 14.4. The van der Waals surface area contributed by atoms with E-state index in [1.807, 2.05) is 13.8 Å². The molecule has 0 unspecified atom stereocenters. The Balaban J connectivity index is 1.05. The van der Waals surface area contributed by atoms with E-state index in [1.54, 1.807) is 42.6 Å². The topological polar surface area (TPSA) is 169 Å². The molecule has 3 atom stereocenters. The first kappa shape index (κ1) is 52.6. The predicted octanol–water partition coefficient (Wildman–Crippen LogP) is 9.69. The number of halogens is 3. The Labute approximate surface area is 437 Å². The third kappa shape index (κ3) is 12.8. The average Bonchev–Trinajstić information content (AvgIpc) is 3.78. The molecule has 2 bridgehead atoms. The molecule has 73 heavy (non-hydrogen) atoms. The Morgan fingerprint density at radius 1 is 0.959 bits per heavy atom. The number of rotatable bonds is 13. The van der Waals surface area contributed by atoms with Crippen LogP contribution >= 0.6 is 34.5 Å². The summed E-state index contributed by atoms with van der Waals surface area (Å²) >= 11 is 16.0. The van der Waals surface area contributed by atoms with Gasteiger partial charge in [-0.25, -0.2) is 38.9 Å². The third-order valence-electron chi connectivity index (χ3n) is 13.4. The predicted molar refractivity (Wildman–Crippen MR) is 274 cm³/mol. The zero-order valence-electron chi connectivity index (χ0n) is 41.0. The number of hydrogen-bond donors (Lipinski definition) is 1. The fraction of sp³-hybridized carbons (Fsp3) is 0.453. The van der Waals surface area contributed by atoms with Gasteiger partial charge in [-0.15, -0.1) is 11.3 Å². The molecule has 20 heteroatoms. The minimum absolute atomic E-state index is 0.00244. The largest absolute Gasteiger partial charge is 0.491 e. The van der Waals surface area contributed by atoms with E-state index in [2.05, 4.69) is 38.4 Å². The fourth-order valence-corrected chi connectivity index (χ4v) is 11.1. The van der Waals surface area contributed by atoms with Crippen LogP contribution in [0.1, 0.15) is 60.7 Å². The summed E-state index contributed by atoms with van der Waals surface area (Å²) in [5.41, 5.74) is 3.78. The monoisotopic (exact) mass is 1060 g/mol. The first-order valence-corrected chi connectivity index (χ1v) is 26.1. The van der Waals surface area contributed by atoms with Gasteiger partial charge in [-0.1, -0.05) is 48.0 Å². The molecular formula is C53H59Cl2FN6O10S. The van der Waals surface area contributed by atoms with E-state index in [1.165, 1.54) is 29.8 Å². The average molecular weight is 1060 g/mol. The van der Waals surface area contributed by atoms with Gasteiger partial charge < -0.3 is 38.4 Å². The van der Waals surface area contributed by atoms with Gasteiger partial charge in [0.2, 0.25) is 12.0 Å². The van der Waals surface area contributed by atoms with Crippen LogP contribution in [0.3, 0.4) is 0 Å². The van der Waals surface area contributed by atoms with Gasteiger partial charge in [0.1, 0.15) is 66.3 Å². The van der Waals surface area contributed by atoms with E-state index in [4.69, 9.17) is 66.4 Å². The van der Waals surface area contributed by atoms with Crippen molar-refractivity contribution in [2.75, 3.05) is 72.8 Å². The molecule has 388 valence electrons. The summed E-state index contributed by atoms with van der Waals surface area (Å²) in [5, 5.41) is 11.9. The number of allylic oxidation sites excluding steroid dienone is 3. The molecule has 0 amide bonds. The fourth-order valence-electron chi connectivity index (χ4n) is 9.44. The second-order valence-corrected chi connectivity index (χ2v) is 20.3. The molecule has 2 saturated heterocycles. The summed E-state index contributed by atoms with van der Waals surface area (Å²) in [6, 6.07) is 7.87. The van der Waals surface area contributed by atoms with E-state index in [0.29, 0.717) is 98.9 Å². The van der Waals surface area contributed by atoms with Crippen LogP contribution in [0.25, 0.3) is 31.8 Å². The second-order valence-electron chi connectivity index (χ2n) is 18.6. The van der Waals surface area contributed by atoms with Crippen LogP contribution in [-0.4, -0.2) is 138 Å². The molecule has 4 aliphatic heterocycles. The number of benzene rings is 2. The summed E-state index contributed by atoms with van der Waals surface area (Å²) in [4.78, 5) is 49.2. The quantitative estimate of drug-likeness (QED) is 0.0873. The van der Waals surface area contributed by atoms with E-state index in [-0.39, 0.29) is 59.4 Å². The number of carbonyl (C=O) groups is 1. The van der Waals surface area contributed by atoms with Gasteiger partial charge in [0.25, 0.3) is 0 Å². The first-order chi connectivity index (χ1) is 35.4. The lowest BCUT2D eigenvalue weighted by atomic mass is 9.87. The van der Waals surface area contributed by atoms with Crippen LogP contribution in [0.4, 0.5) is 4.39 Å². The van der Waals surface area contributed by atoms with Crippen LogP contribution in [0, 0.1) is 19.7 Å². The van der Waals surface area contributed by atoms with Gasteiger partial charge in [0.15, 0.2) is 5.75 Å². The van der Waals surface area contributed by atoms with Crippen molar-refractivity contribution in [1.29, 1.82) is 0 Å². The molecule has 0 spiro atoms. The number of fused-ring (bicyclic) bond motifs is 10. The lowest BCUT2D eigenvalue weighted by Crippen LogP contribution is -2.48. The van der Waals surface area contributed by atoms with E-state index in [0.717, 1.165) is 51.9 Å². The summed E-state index contributed by atoms with van der Waals surface area (Å²) in [6.07, 6.45) is 8.44. The number of piperazine rings is 1. The molecule has 3 fully saturated rings. The van der Waals surface area contributed by atoms with Crippen LogP contribution in [0.2, 0.25) is 10.0 Å². The molecule has 5 aromatic rings. The van der Waals surface area contributed by atoms with Crippen molar-refractivity contribution in [3.63, 3.8) is 0 Å². The van der Waals surface area contributed by atoms with Gasteiger partial charge in [0.05, 0.1) is 53.5 Å². The lowest BCUT2D eigenvalue weighted by Gasteiger charge is -2.35. The standard InChI is InChI=1S/C53H59Cl2FN6O10S/c1-5-6-38-23-39(67-26-36-15-16-57-50(60-36)34-9-13-37(14-10-34)72-69-29-41-27-65-21-22-66-41)24-42(53(63)64)71-51-45-44(49(73-52(45)59-30-58-51)33-7-11-35(56)12-8-33)43-31(2)46(54)48(47(55)32(43)3)70-40(28-68-38)25-62-19-17-61(4)18-20-62/h5-8,11-12,15-16,23,30,34,37,40-42H,1,9-10,13-14,17-22,24-29H2,2-4H3,(H,63,64)/b38-6+,39-23-/t34-,37-,40-,41+,42-/m1/s1. The molecule has 7 heterocycles. The maximum Gasteiger partial charge on any atom is 0.345 e. The summed E-state index contributed by atoms with van der Waals surface area (Å²) in [5.74, 6) is -0.0777. The van der Waals surface area contributed by atoms with Crippen LogP contribution < -0.4 is 9.47 Å². The van der Waals surface area contributed by atoms with Gasteiger partial charge in [-0.05, 0) is 93.1 Å². The Kier molecular flexibility index (Phi) is 17.6. The number of carboxylic acid groups (broad SMARTS) is 1. The Morgan fingerprint density at radius 2 is 1.73 bits per heavy atom. The highest BCUT2D eigenvalue weighted by Gasteiger charge is 2.33. The molecule has 1 saturated carbocycles. The smallest absolute Gasteiger partial charge is 0.345 e. The van der Waals surface area contributed by atoms with Gasteiger partial charge >= 0.3 is 5.97 Å². The lowest BCUT2D eigenvalue weighted by molar-refractivity contribution is -0.342. The number of aliphatic carboxylic acids is 1. The molecule has 3 aromatic heterocycles. The molecule has 16 nitrogen and oxygen atoms in total. The molecule has 10 rings (SSSR count). The number of aromatic nitrogens is 4. The van der Waals surface area contributed by atoms with Crippen molar-refractivity contribution in [1.82, 2.24) is 29.7 Å². The molecule has 2 aromatic carbocycles. The van der Waals surface area contributed by atoms with Crippen molar-refractivity contribution in [2.45, 2.75) is 82.9 Å². The number of likely N-dealkylation sites (N-methyl/N-ethyl adjacent to an activating group) is 1. The van der Waals surface area contributed by atoms with Gasteiger partial charge in [0, 0.05) is 61.4 Å². The number of nitrogens with zero attached hydrogens (tertiary/aromatic N) is 6. The molecule has 1 aliphatic carbocycles. The van der Waals surface area contributed by atoms with E-state index in [9.17, 15) is 14.3 Å². The number of hydrogen-bond acceptors (Lipinski definition) is 16. The SMILES string of the molecule is C=C/C=C1\C=C(/OCc2ccnc([C@H]3CC[C@H](OOC[C@@H]4COCCO4)CC3)n2)C[C@H](C(=O)O)Oc2ncnc3sc(-c4ccc(F)cc4)c(c23)-c2c(C)c(Cl)c(c(Cl)c2C)O[C@H](CN2CCN(C)CC2)CO1. The van der Waals surface area contributed by atoms with Crippen molar-refractivity contribution in [3.05, 3.63) is 118 Å². The Bertz CT molecular complexity index is 2780. The van der Waals surface area contributed by atoms with Crippen molar-refractivity contribution in [3.8, 4) is 33.2 Å². The minimum atomic E-state index is -1.54. The van der Waals surface area contributed by atoms with Crippen molar-refractivity contribution < 1.29 is 52.5 Å². The molecular weight excluding hydrogens is 1000 g/mol. The highest BCUT2D eigenvalue weighted by atomic mass is 35.5. The number of thiophene rings is 1. The first-order valence-electron chi connectivity index (χ1n) is 24.5. The Hall–Kier alpha value is -5.28. The van der Waals surface area contributed by atoms with Crippen molar-refractivity contribution >= 4 is 50.7 Å². The molecule has 0 radical (unpaired) electrons. The summed E-state index contributed by atoms with van der Waals surface area (Å²) in [6.45, 7) is 13.5. The van der Waals surface area contributed by atoms with E-state index >= 15 is 0 Å². The van der Waals surface area contributed by atoms with Crippen LogP contribution in [0.15, 0.2) is 79.2 Å². The van der Waals surface area contributed by atoms with E-state index < -0.39 is 24.0 Å². The highest BCUT2D eigenvalue weighted by molar-refractivity contribution is 7.22. The zero-order valence-corrected chi connectivity index (χ0v) is 43.4. The molecule has 5 aliphatic rings. The number of ether oxygens (including phenoxy) is 6. The normalized spacial score (nSPS) is 23.7. The van der Waals surface area contributed by atoms with Gasteiger partial charge in [-0.3, -0.25) is 4.90 Å². The maximum atomic E-state index is 14.4. The van der Waals surface area contributed by atoms with Crippen LogP contribution in [0.5, 0.6) is 11.6 Å². The van der Waals surface area contributed by atoms with Crippen molar-refractivity contribution in [2.24, 2.45) is 0 Å². The second kappa shape index (κ2) is 24.4.